The van der Waals surface area contributed by atoms with E-state index in [-0.39, 0.29) is 29.7 Å². The van der Waals surface area contributed by atoms with Gasteiger partial charge < -0.3 is 10.1 Å². The lowest BCUT2D eigenvalue weighted by Crippen LogP contribution is -2.27. The topological polar surface area (TPSA) is 38.3 Å². The second kappa shape index (κ2) is 7.68. The van der Waals surface area contributed by atoms with Gasteiger partial charge in [0.15, 0.2) is 0 Å². The van der Waals surface area contributed by atoms with E-state index in [1.807, 2.05) is 44.2 Å². The Morgan fingerprint density at radius 3 is 2.60 bits per heavy atom. The lowest BCUT2D eigenvalue weighted by Gasteiger charge is -2.10. The molecule has 1 saturated carbocycles. The highest BCUT2D eigenvalue weighted by Crippen LogP contribution is 2.48. The minimum absolute atomic E-state index is 0.0213. The van der Waals surface area contributed by atoms with Crippen molar-refractivity contribution in [3.63, 3.8) is 0 Å². The Morgan fingerprint density at radius 1 is 1.20 bits per heavy atom. The normalized spacial score (nSPS) is 18.9. The average Bonchev–Trinajstić information content (AvgIpc) is 3.37. The summed E-state index contributed by atoms with van der Waals surface area (Å²) >= 11 is 0. The fourth-order valence-corrected chi connectivity index (χ4v) is 3.07. The summed E-state index contributed by atoms with van der Waals surface area (Å²) in [6.07, 6.45) is 1.66. The molecule has 3 rings (SSSR count). The first-order valence-corrected chi connectivity index (χ1v) is 8.82. The summed E-state index contributed by atoms with van der Waals surface area (Å²) in [5, 5.41) is 2.97. The zero-order valence-electron chi connectivity index (χ0n) is 14.7. The maximum absolute atomic E-state index is 13.8. The van der Waals surface area contributed by atoms with Crippen LogP contribution in [0.15, 0.2) is 48.5 Å². The quantitative estimate of drug-likeness (QED) is 0.824. The first kappa shape index (κ1) is 17.5. The smallest absolute Gasteiger partial charge is 0.223 e. The van der Waals surface area contributed by atoms with E-state index in [1.54, 1.807) is 12.1 Å². The summed E-state index contributed by atoms with van der Waals surface area (Å²) in [5.74, 6) is 0.584. The van der Waals surface area contributed by atoms with Crippen LogP contribution in [-0.4, -0.2) is 18.6 Å². The molecule has 1 aliphatic rings. The first-order valence-electron chi connectivity index (χ1n) is 8.82. The SMILES string of the molecule is CC(C)Oc1ccc(CCNC(=O)[C@@H]2C[C@H]2c2ccccc2F)cc1. The molecule has 0 radical (unpaired) electrons. The van der Waals surface area contributed by atoms with Gasteiger partial charge in [-0.15, -0.1) is 0 Å². The molecule has 2 atom stereocenters. The third kappa shape index (κ3) is 4.59. The first-order chi connectivity index (χ1) is 12.0. The number of rotatable bonds is 7. The van der Waals surface area contributed by atoms with Crippen molar-refractivity contribution in [2.24, 2.45) is 5.92 Å². The monoisotopic (exact) mass is 341 g/mol. The molecular formula is C21H24FNO2. The van der Waals surface area contributed by atoms with Crippen LogP contribution in [-0.2, 0) is 11.2 Å². The molecule has 0 spiro atoms. The molecular weight excluding hydrogens is 317 g/mol. The summed E-state index contributed by atoms with van der Waals surface area (Å²) in [6, 6.07) is 14.7. The molecule has 0 unspecified atom stereocenters. The highest BCUT2D eigenvalue weighted by Gasteiger charge is 2.44. The van der Waals surface area contributed by atoms with Gasteiger partial charge in [-0.2, -0.15) is 0 Å². The van der Waals surface area contributed by atoms with Gasteiger partial charge in [0.1, 0.15) is 11.6 Å². The van der Waals surface area contributed by atoms with Crippen molar-refractivity contribution in [2.75, 3.05) is 6.54 Å². The molecule has 1 amide bonds. The summed E-state index contributed by atoms with van der Waals surface area (Å²) in [5.41, 5.74) is 1.81. The standard InChI is InChI=1S/C21H24FNO2/c1-14(2)25-16-9-7-15(8-10-16)11-12-23-21(24)19-13-18(19)17-5-3-4-6-20(17)22/h3-10,14,18-19H,11-13H2,1-2H3,(H,23,24)/t18-,19+/m0/s1. The van der Waals surface area contributed by atoms with Crippen LogP contribution in [0.2, 0.25) is 0 Å². The summed E-state index contributed by atoms with van der Waals surface area (Å²) < 4.78 is 19.4. The highest BCUT2D eigenvalue weighted by atomic mass is 19.1. The van der Waals surface area contributed by atoms with Gasteiger partial charge in [0, 0.05) is 12.5 Å². The Labute approximate surface area is 148 Å². The van der Waals surface area contributed by atoms with Gasteiger partial charge in [-0.05, 0) is 61.9 Å². The van der Waals surface area contributed by atoms with Crippen molar-refractivity contribution < 1.29 is 13.9 Å². The number of ether oxygens (including phenoxy) is 1. The largest absolute Gasteiger partial charge is 0.491 e. The number of nitrogens with one attached hydrogen (secondary N) is 1. The van der Waals surface area contributed by atoms with Gasteiger partial charge in [-0.25, -0.2) is 4.39 Å². The Morgan fingerprint density at radius 2 is 1.92 bits per heavy atom. The second-order valence-corrected chi connectivity index (χ2v) is 6.82. The Kier molecular flexibility index (Phi) is 5.37. The van der Waals surface area contributed by atoms with E-state index in [1.165, 1.54) is 6.07 Å². The molecule has 1 N–H and O–H groups in total. The third-order valence-electron chi connectivity index (χ3n) is 4.44. The fourth-order valence-electron chi connectivity index (χ4n) is 3.07. The summed E-state index contributed by atoms with van der Waals surface area (Å²) in [4.78, 5) is 12.2. The average molecular weight is 341 g/mol. The van der Waals surface area contributed by atoms with E-state index in [0.29, 0.717) is 12.1 Å². The molecule has 0 aliphatic heterocycles. The summed E-state index contributed by atoms with van der Waals surface area (Å²) in [7, 11) is 0. The van der Waals surface area contributed by atoms with Crippen LogP contribution in [0, 0.1) is 11.7 Å². The van der Waals surface area contributed by atoms with Crippen LogP contribution < -0.4 is 10.1 Å². The molecule has 2 aromatic rings. The predicted molar refractivity (Wildman–Crippen MR) is 96.2 cm³/mol. The maximum atomic E-state index is 13.8. The summed E-state index contributed by atoms with van der Waals surface area (Å²) in [6.45, 7) is 4.58. The van der Waals surface area contributed by atoms with Crippen LogP contribution in [0.1, 0.15) is 37.3 Å². The van der Waals surface area contributed by atoms with E-state index in [0.717, 1.165) is 24.2 Å². The maximum Gasteiger partial charge on any atom is 0.223 e. The van der Waals surface area contributed by atoms with E-state index in [2.05, 4.69) is 5.32 Å². The molecule has 1 aliphatic carbocycles. The van der Waals surface area contributed by atoms with E-state index >= 15 is 0 Å². The van der Waals surface area contributed by atoms with Crippen LogP contribution in [0.5, 0.6) is 5.75 Å². The van der Waals surface area contributed by atoms with Crippen LogP contribution >= 0.6 is 0 Å². The number of benzene rings is 2. The van der Waals surface area contributed by atoms with Crippen LogP contribution in [0.3, 0.4) is 0 Å². The lowest BCUT2D eigenvalue weighted by atomic mass is 10.1. The number of hydrogen-bond acceptors (Lipinski definition) is 2. The van der Waals surface area contributed by atoms with Gasteiger partial charge in [-0.3, -0.25) is 4.79 Å². The number of halogens is 1. The number of carbonyl (C=O) groups is 1. The molecule has 3 nitrogen and oxygen atoms in total. The molecule has 0 aromatic heterocycles. The minimum atomic E-state index is -0.216. The lowest BCUT2D eigenvalue weighted by molar-refractivity contribution is -0.122. The van der Waals surface area contributed by atoms with E-state index < -0.39 is 0 Å². The Bertz CT molecular complexity index is 727. The molecule has 2 aromatic carbocycles. The van der Waals surface area contributed by atoms with Crippen molar-refractivity contribution in [1.29, 1.82) is 0 Å². The highest BCUT2D eigenvalue weighted by molar-refractivity contribution is 5.82. The van der Waals surface area contributed by atoms with Gasteiger partial charge >= 0.3 is 0 Å². The van der Waals surface area contributed by atoms with Crippen molar-refractivity contribution in [3.05, 3.63) is 65.5 Å². The number of hydrogen-bond donors (Lipinski definition) is 1. The molecule has 132 valence electrons. The van der Waals surface area contributed by atoms with Crippen LogP contribution in [0.25, 0.3) is 0 Å². The Hall–Kier alpha value is -2.36. The second-order valence-electron chi connectivity index (χ2n) is 6.82. The van der Waals surface area contributed by atoms with Gasteiger partial charge in [0.25, 0.3) is 0 Å². The zero-order valence-corrected chi connectivity index (χ0v) is 14.7. The van der Waals surface area contributed by atoms with E-state index in [4.69, 9.17) is 4.74 Å². The molecule has 1 fully saturated rings. The van der Waals surface area contributed by atoms with Crippen molar-refractivity contribution >= 4 is 5.91 Å². The molecule has 0 heterocycles. The van der Waals surface area contributed by atoms with Crippen molar-refractivity contribution in [3.8, 4) is 5.75 Å². The minimum Gasteiger partial charge on any atom is -0.491 e. The zero-order chi connectivity index (χ0) is 17.8. The van der Waals surface area contributed by atoms with E-state index in [9.17, 15) is 9.18 Å². The van der Waals surface area contributed by atoms with Gasteiger partial charge in [-0.1, -0.05) is 30.3 Å². The number of carbonyl (C=O) groups excluding carboxylic acids is 1. The number of amides is 1. The van der Waals surface area contributed by atoms with Crippen molar-refractivity contribution in [2.45, 2.75) is 38.7 Å². The molecule has 0 saturated heterocycles. The van der Waals surface area contributed by atoms with Gasteiger partial charge in [0.2, 0.25) is 5.91 Å². The predicted octanol–water partition coefficient (Wildman–Crippen LogP) is 4.08. The molecule has 0 bridgehead atoms. The van der Waals surface area contributed by atoms with Crippen LogP contribution in [0.4, 0.5) is 4.39 Å². The van der Waals surface area contributed by atoms with Crippen molar-refractivity contribution in [1.82, 2.24) is 5.32 Å². The molecule has 4 heteroatoms. The fraction of sp³-hybridized carbons (Fsp3) is 0.381. The molecule has 25 heavy (non-hydrogen) atoms. The third-order valence-corrected chi connectivity index (χ3v) is 4.44. The Balaban J connectivity index is 1.44. The van der Waals surface area contributed by atoms with Gasteiger partial charge in [0.05, 0.1) is 6.10 Å².